The van der Waals surface area contributed by atoms with Gasteiger partial charge in [-0.1, -0.05) is 0 Å². The normalized spacial score (nSPS) is 47.0. The van der Waals surface area contributed by atoms with E-state index in [1.54, 1.807) is 0 Å². The molecule has 2 aliphatic rings. The Morgan fingerprint density at radius 2 is 1.39 bits per heavy atom. The molecule has 0 amide bonds. The largest absolute Gasteiger partial charge is 0.394 e. The highest BCUT2D eigenvalue weighted by molar-refractivity contribution is 4.94. The number of hydrogen-bond acceptors (Lipinski definition) is 11. The zero-order valence-corrected chi connectivity index (χ0v) is 12.0. The van der Waals surface area contributed by atoms with Crippen LogP contribution in [0, 0.1) is 0 Å². The van der Waals surface area contributed by atoms with Crippen LogP contribution in [-0.4, -0.2) is 115 Å². The minimum atomic E-state index is -1.67. The molecule has 0 bridgehead atoms. The van der Waals surface area contributed by atoms with E-state index in [1.807, 2.05) is 0 Å². The van der Waals surface area contributed by atoms with Gasteiger partial charge in [0, 0.05) is 0 Å². The van der Waals surface area contributed by atoms with Crippen LogP contribution in [-0.2, 0) is 14.2 Å². The van der Waals surface area contributed by atoms with Gasteiger partial charge in [-0.25, -0.2) is 0 Å². The molecule has 0 aromatic carbocycles. The third kappa shape index (κ3) is 3.65. The Balaban J connectivity index is 2.02. The zero-order chi connectivity index (χ0) is 17.3. The summed E-state index contributed by atoms with van der Waals surface area (Å²) < 4.78 is 15.2. The summed E-state index contributed by atoms with van der Waals surface area (Å²) in [7, 11) is 0. The molecule has 0 unspecified atom stereocenters. The second kappa shape index (κ2) is 7.63. The number of rotatable bonds is 6. The Kier molecular flexibility index (Phi) is 6.27. The van der Waals surface area contributed by atoms with Crippen LogP contribution in [0.15, 0.2) is 0 Å². The van der Waals surface area contributed by atoms with Gasteiger partial charge >= 0.3 is 0 Å². The van der Waals surface area contributed by atoms with Gasteiger partial charge in [-0.2, -0.15) is 0 Å². The summed E-state index contributed by atoms with van der Waals surface area (Å²) in [5.74, 6) is 0. The van der Waals surface area contributed by atoms with Crippen LogP contribution in [0.3, 0.4) is 0 Å². The summed E-state index contributed by atoms with van der Waals surface area (Å²) in [4.78, 5) is 0. The van der Waals surface area contributed by atoms with Crippen molar-refractivity contribution in [1.29, 1.82) is 0 Å². The first-order valence-electron chi connectivity index (χ1n) is 7.08. The Morgan fingerprint density at radius 1 is 0.783 bits per heavy atom. The van der Waals surface area contributed by atoms with E-state index in [0.717, 1.165) is 0 Å². The molecular formula is C12H22O11. The molecule has 2 fully saturated rings. The van der Waals surface area contributed by atoms with Crippen molar-refractivity contribution in [2.45, 2.75) is 61.4 Å². The molecule has 2 heterocycles. The van der Waals surface area contributed by atoms with Gasteiger partial charge in [0.25, 0.3) is 0 Å². The van der Waals surface area contributed by atoms with Crippen LogP contribution in [0.2, 0.25) is 0 Å². The lowest BCUT2D eigenvalue weighted by molar-refractivity contribution is -0.239. The van der Waals surface area contributed by atoms with Crippen molar-refractivity contribution in [3.8, 4) is 0 Å². The molecule has 10 atom stereocenters. The Labute approximate surface area is 130 Å². The maximum Gasteiger partial charge on any atom is 0.187 e. The molecule has 0 radical (unpaired) electrons. The summed E-state index contributed by atoms with van der Waals surface area (Å²) in [5, 5.41) is 75.8. The van der Waals surface area contributed by atoms with Gasteiger partial charge in [-0.15, -0.1) is 0 Å². The van der Waals surface area contributed by atoms with Gasteiger partial charge < -0.3 is 55.1 Å². The van der Waals surface area contributed by atoms with Gasteiger partial charge in [0.15, 0.2) is 12.6 Å². The molecule has 11 heteroatoms. The van der Waals surface area contributed by atoms with Crippen molar-refractivity contribution in [3.05, 3.63) is 0 Å². The minimum Gasteiger partial charge on any atom is -0.394 e. The molecule has 11 nitrogen and oxygen atoms in total. The molecule has 2 aliphatic heterocycles. The SMILES string of the molecule is OC[C@H](O)[C@@H]1O[C@H](O[C@H](CO)[C@@H]2O[C@@H](O)[C@H](O)[C@@H]2O)[C@@H](O)[C@@H]1O. The maximum absolute atomic E-state index is 9.85. The van der Waals surface area contributed by atoms with Crippen molar-refractivity contribution in [1.82, 2.24) is 0 Å². The summed E-state index contributed by atoms with van der Waals surface area (Å²) in [6, 6.07) is 0. The van der Waals surface area contributed by atoms with E-state index >= 15 is 0 Å². The van der Waals surface area contributed by atoms with Crippen LogP contribution in [0.4, 0.5) is 0 Å². The van der Waals surface area contributed by atoms with Gasteiger partial charge in [0.2, 0.25) is 0 Å². The summed E-state index contributed by atoms with van der Waals surface area (Å²) in [5.41, 5.74) is 0. The van der Waals surface area contributed by atoms with Gasteiger partial charge in [-0.05, 0) is 0 Å². The molecule has 0 aromatic heterocycles. The van der Waals surface area contributed by atoms with E-state index in [9.17, 15) is 35.7 Å². The van der Waals surface area contributed by atoms with E-state index < -0.39 is 74.6 Å². The fraction of sp³-hybridized carbons (Fsp3) is 1.00. The van der Waals surface area contributed by atoms with Crippen LogP contribution in [0.25, 0.3) is 0 Å². The monoisotopic (exact) mass is 342 g/mol. The van der Waals surface area contributed by atoms with Crippen LogP contribution in [0.5, 0.6) is 0 Å². The standard InChI is InChI=1S/C12H22O11/c13-1-3(15)9-6(17)8(19)12(23-9)21-4(2-14)10-5(16)7(18)11(20)22-10/h3-20H,1-2H2/t3-,4+,5-,6-,7+,8-,9-,10-,11+,12-/m0/s1. The fourth-order valence-corrected chi connectivity index (χ4v) is 2.60. The van der Waals surface area contributed by atoms with Crippen molar-refractivity contribution in [2.24, 2.45) is 0 Å². The topological polar surface area (TPSA) is 190 Å². The Morgan fingerprint density at radius 3 is 1.87 bits per heavy atom. The highest BCUT2D eigenvalue weighted by Crippen LogP contribution is 2.29. The fourth-order valence-electron chi connectivity index (χ4n) is 2.60. The van der Waals surface area contributed by atoms with Crippen molar-refractivity contribution in [2.75, 3.05) is 13.2 Å². The molecule has 8 N–H and O–H groups in total. The molecule has 2 saturated heterocycles. The molecule has 136 valence electrons. The van der Waals surface area contributed by atoms with Gasteiger partial charge in [0.1, 0.15) is 48.8 Å². The minimum absolute atomic E-state index is 0.711. The Hall–Kier alpha value is -0.440. The predicted molar refractivity (Wildman–Crippen MR) is 68.6 cm³/mol. The summed E-state index contributed by atoms with van der Waals surface area (Å²) in [6.45, 7) is -1.43. The second-order valence-electron chi connectivity index (χ2n) is 5.53. The smallest absolute Gasteiger partial charge is 0.187 e. The number of aliphatic hydroxyl groups excluding tert-OH is 8. The van der Waals surface area contributed by atoms with Crippen molar-refractivity contribution >= 4 is 0 Å². The van der Waals surface area contributed by atoms with E-state index in [1.165, 1.54) is 0 Å². The molecule has 0 saturated carbocycles. The number of ether oxygens (including phenoxy) is 3. The lowest BCUT2D eigenvalue weighted by Crippen LogP contribution is -2.46. The third-order valence-corrected chi connectivity index (χ3v) is 3.95. The first-order chi connectivity index (χ1) is 10.8. The van der Waals surface area contributed by atoms with Crippen molar-refractivity contribution < 1.29 is 55.1 Å². The van der Waals surface area contributed by atoms with E-state index in [2.05, 4.69) is 0 Å². The zero-order valence-electron chi connectivity index (χ0n) is 12.0. The maximum atomic E-state index is 9.85. The first kappa shape index (κ1) is 18.9. The average molecular weight is 342 g/mol. The molecule has 0 spiro atoms. The van der Waals surface area contributed by atoms with Crippen LogP contribution in [0.1, 0.15) is 0 Å². The van der Waals surface area contributed by atoms with Crippen molar-refractivity contribution in [3.63, 3.8) is 0 Å². The van der Waals surface area contributed by atoms with Crippen LogP contribution < -0.4 is 0 Å². The highest BCUT2D eigenvalue weighted by atomic mass is 16.7. The highest BCUT2D eigenvalue weighted by Gasteiger charge is 2.51. The Bertz CT molecular complexity index is 382. The number of hydrogen-bond donors (Lipinski definition) is 8. The van der Waals surface area contributed by atoms with E-state index in [-0.39, 0.29) is 0 Å². The van der Waals surface area contributed by atoms with Gasteiger partial charge in [0.05, 0.1) is 13.2 Å². The molecule has 2 rings (SSSR count). The van der Waals surface area contributed by atoms with E-state index in [4.69, 9.17) is 19.3 Å². The summed E-state index contributed by atoms with van der Waals surface area (Å²) >= 11 is 0. The molecule has 0 aromatic rings. The molecular weight excluding hydrogens is 320 g/mol. The quantitative estimate of drug-likeness (QED) is 0.230. The van der Waals surface area contributed by atoms with Crippen LogP contribution >= 0.6 is 0 Å². The molecule has 0 aliphatic carbocycles. The lowest BCUT2D eigenvalue weighted by atomic mass is 10.1. The molecule has 23 heavy (non-hydrogen) atoms. The summed E-state index contributed by atoms with van der Waals surface area (Å²) in [6.07, 6.45) is -14.8. The lowest BCUT2D eigenvalue weighted by Gasteiger charge is -2.27. The predicted octanol–water partition coefficient (Wildman–Crippen LogP) is -5.40. The number of aliphatic hydroxyl groups is 8. The second-order valence-corrected chi connectivity index (χ2v) is 5.53. The third-order valence-electron chi connectivity index (χ3n) is 3.95. The van der Waals surface area contributed by atoms with Gasteiger partial charge in [-0.3, -0.25) is 0 Å². The first-order valence-corrected chi connectivity index (χ1v) is 7.08. The van der Waals surface area contributed by atoms with E-state index in [0.29, 0.717) is 0 Å². The average Bonchev–Trinajstić information content (AvgIpc) is 2.96.